The molecule has 32 heavy (non-hydrogen) atoms. The van der Waals surface area contributed by atoms with Gasteiger partial charge in [-0.1, -0.05) is 23.4 Å². The molecule has 1 fully saturated rings. The number of carbonyl (C=O) groups excluding carboxylic acids is 1. The number of ether oxygens (including phenoxy) is 1. The summed E-state index contributed by atoms with van der Waals surface area (Å²) in [6.45, 7) is 4.87. The standard InChI is InChI=1S/C25H25N3O3S/c1-16-20(17(2)31-27-16)15-30-19-9-7-8-18(14-19)25(29)28-13-6-5-11-22(28)24-26-21-10-3-4-12-23(21)32-24/h3-4,7-10,12,14,22H,5-6,11,13,15H2,1-2H3. The van der Waals surface area contributed by atoms with Crippen LogP contribution in [-0.4, -0.2) is 27.5 Å². The molecule has 7 heteroatoms. The van der Waals surface area contributed by atoms with Crippen LogP contribution in [0.2, 0.25) is 0 Å². The molecule has 5 rings (SSSR count). The Morgan fingerprint density at radius 3 is 2.88 bits per heavy atom. The van der Waals surface area contributed by atoms with Crippen LogP contribution in [0.3, 0.4) is 0 Å². The van der Waals surface area contributed by atoms with Gasteiger partial charge in [-0.05, 0) is 63.4 Å². The minimum Gasteiger partial charge on any atom is -0.489 e. The summed E-state index contributed by atoms with van der Waals surface area (Å²) in [5.41, 5.74) is 3.39. The SMILES string of the molecule is Cc1noc(C)c1COc1cccc(C(=O)N2CCCCC2c2nc3ccccc3s2)c1. The van der Waals surface area contributed by atoms with Gasteiger partial charge in [0.15, 0.2) is 0 Å². The Morgan fingerprint density at radius 2 is 2.06 bits per heavy atom. The zero-order valence-electron chi connectivity index (χ0n) is 18.2. The van der Waals surface area contributed by atoms with Crippen LogP contribution in [0.15, 0.2) is 53.1 Å². The number of thiazole rings is 1. The van der Waals surface area contributed by atoms with Crippen LogP contribution in [-0.2, 0) is 6.61 Å². The highest BCUT2D eigenvalue weighted by atomic mass is 32.1. The number of para-hydroxylation sites is 1. The van der Waals surface area contributed by atoms with E-state index >= 15 is 0 Å². The van der Waals surface area contributed by atoms with E-state index in [-0.39, 0.29) is 11.9 Å². The average Bonchev–Trinajstić information content (AvgIpc) is 3.40. The Kier molecular flexibility index (Phi) is 5.66. The van der Waals surface area contributed by atoms with Gasteiger partial charge in [0, 0.05) is 12.1 Å². The van der Waals surface area contributed by atoms with Crippen LogP contribution in [0.25, 0.3) is 10.2 Å². The van der Waals surface area contributed by atoms with Crippen LogP contribution in [0.4, 0.5) is 0 Å². The second-order valence-electron chi connectivity index (χ2n) is 8.15. The zero-order valence-corrected chi connectivity index (χ0v) is 19.0. The molecule has 4 aromatic rings. The first-order valence-corrected chi connectivity index (χ1v) is 11.7. The topological polar surface area (TPSA) is 68.5 Å². The predicted molar refractivity (Wildman–Crippen MR) is 124 cm³/mol. The minimum absolute atomic E-state index is 0.0144. The van der Waals surface area contributed by atoms with Crippen molar-refractivity contribution in [2.24, 2.45) is 0 Å². The van der Waals surface area contributed by atoms with Crippen LogP contribution >= 0.6 is 11.3 Å². The smallest absolute Gasteiger partial charge is 0.254 e. The molecule has 2 aromatic heterocycles. The molecule has 1 amide bonds. The van der Waals surface area contributed by atoms with Crippen molar-refractivity contribution in [3.8, 4) is 5.75 Å². The Bertz CT molecular complexity index is 1210. The van der Waals surface area contributed by atoms with Gasteiger partial charge in [0.25, 0.3) is 5.91 Å². The quantitative estimate of drug-likeness (QED) is 0.384. The third-order valence-corrected chi connectivity index (χ3v) is 7.14. The van der Waals surface area contributed by atoms with E-state index in [1.807, 2.05) is 61.2 Å². The first kappa shape index (κ1) is 20.7. The predicted octanol–water partition coefficient (Wildman–Crippen LogP) is 5.85. The lowest BCUT2D eigenvalue weighted by atomic mass is 10.0. The van der Waals surface area contributed by atoms with Crippen molar-refractivity contribution in [2.45, 2.75) is 45.8 Å². The first-order valence-electron chi connectivity index (χ1n) is 10.9. The second kappa shape index (κ2) is 8.74. The Morgan fingerprint density at radius 1 is 1.19 bits per heavy atom. The number of amides is 1. The van der Waals surface area contributed by atoms with Crippen molar-refractivity contribution < 1.29 is 14.1 Å². The second-order valence-corrected chi connectivity index (χ2v) is 9.21. The van der Waals surface area contributed by atoms with Crippen molar-refractivity contribution in [3.05, 3.63) is 76.1 Å². The number of likely N-dealkylation sites (tertiary alicyclic amines) is 1. The fraction of sp³-hybridized carbons (Fsp3) is 0.320. The Balaban J connectivity index is 1.36. The summed E-state index contributed by atoms with van der Waals surface area (Å²) in [7, 11) is 0. The normalized spacial score (nSPS) is 16.4. The van der Waals surface area contributed by atoms with Gasteiger partial charge in [0.1, 0.15) is 23.1 Å². The van der Waals surface area contributed by atoms with Gasteiger partial charge < -0.3 is 14.2 Å². The molecule has 1 unspecified atom stereocenters. The van der Waals surface area contributed by atoms with E-state index in [1.165, 1.54) is 0 Å². The number of nitrogens with zero attached hydrogens (tertiary/aromatic N) is 3. The third-order valence-electron chi connectivity index (χ3n) is 6.00. The van der Waals surface area contributed by atoms with E-state index in [1.54, 1.807) is 11.3 Å². The maximum atomic E-state index is 13.5. The summed E-state index contributed by atoms with van der Waals surface area (Å²) in [6.07, 6.45) is 3.05. The van der Waals surface area contributed by atoms with Crippen molar-refractivity contribution in [3.63, 3.8) is 0 Å². The van der Waals surface area contributed by atoms with Gasteiger partial charge >= 0.3 is 0 Å². The van der Waals surface area contributed by atoms with Crippen LogP contribution in [0.5, 0.6) is 5.75 Å². The molecule has 0 radical (unpaired) electrons. The van der Waals surface area contributed by atoms with Crippen molar-refractivity contribution in [1.29, 1.82) is 0 Å². The number of benzene rings is 2. The summed E-state index contributed by atoms with van der Waals surface area (Å²) in [6, 6.07) is 15.6. The maximum Gasteiger partial charge on any atom is 0.254 e. The van der Waals surface area contributed by atoms with E-state index in [0.717, 1.165) is 58.0 Å². The average molecular weight is 448 g/mol. The monoisotopic (exact) mass is 447 g/mol. The number of aryl methyl sites for hydroxylation is 2. The van der Waals surface area contributed by atoms with E-state index in [4.69, 9.17) is 14.2 Å². The van der Waals surface area contributed by atoms with Gasteiger partial charge in [-0.3, -0.25) is 4.79 Å². The number of piperidine rings is 1. The molecule has 0 saturated carbocycles. The zero-order chi connectivity index (χ0) is 22.1. The molecule has 2 aromatic carbocycles. The summed E-state index contributed by atoms with van der Waals surface area (Å²) in [4.78, 5) is 20.3. The fourth-order valence-electron chi connectivity index (χ4n) is 4.21. The van der Waals surface area contributed by atoms with Gasteiger partial charge in [-0.15, -0.1) is 11.3 Å². The van der Waals surface area contributed by atoms with Crippen molar-refractivity contribution >= 4 is 27.5 Å². The number of rotatable bonds is 5. The van der Waals surface area contributed by atoms with Gasteiger partial charge in [0.05, 0.1) is 27.5 Å². The van der Waals surface area contributed by atoms with Crippen LogP contribution in [0, 0.1) is 13.8 Å². The fourth-order valence-corrected chi connectivity index (χ4v) is 5.33. The third kappa shape index (κ3) is 4.00. The number of hydrogen-bond donors (Lipinski definition) is 0. The highest BCUT2D eigenvalue weighted by Gasteiger charge is 2.31. The molecule has 164 valence electrons. The highest BCUT2D eigenvalue weighted by Crippen LogP contribution is 2.36. The number of carbonyl (C=O) groups is 1. The van der Waals surface area contributed by atoms with E-state index < -0.39 is 0 Å². The summed E-state index contributed by atoms with van der Waals surface area (Å²) < 4.78 is 12.3. The van der Waals surface area contributed by atoms with Crippen molar-refractivity contribution in [2.75, 3.05) is 6.54 Å². The minimum atomic E-state index is 0.0144. The lowest BCUT2D eigenvalue weighted by Gasteiger charge is -2.34. The molecule has 6 nitrogen and oxygen atoms in total. The van der Waals surface area contributed by atoms with Crippen LogP contribution < -0.4 is 4.74 Å². The Labute approximate surface area is 190 Å². The molecule has 1 saturated heterocycles. The summed E-state index contributed by atoms with van der Waals surface area (Å²) in [5, 5.41) is 4.99. The maximum absolute atomic E-state index is 13.5. The molecular weight excluding hydrogens is 422 g/mol. The molecule has 1 aliphatic heterocycles. The molecule has 1 aliphatic rings. The van der Waals surface area contributed by atoms with Crippen LogP contribution in [0.1, 0.15) is 57.7 Å². The number of fused-ring (bicyclic) bond motifs is 1. The number of aromatic nitrogens is 2. The van der Waals surface area contributed by atoms with Crippen molar-refractivity contribution in [1.82, 2.24) is 15.0 Å². The van der Waals surface area contributed by atoms with Gasteiger partial charge in [-0.2, -0.15) is 0 Å². The molecule has 0 N–H and O–H groups in total. The molecule has 0 aliphatic carbocycles. The summed E-state index contributed by atoms with van der Waals surface area (Å²) >= 11 is 1.69. The molecule has 1 atom stereocenters. The summed E-state index contributed by atoms with van der Waals surface area (Å²) in [5.74, 6) is 1.43. The molecule has 0 bridgehead atoms. The van der Waals surface area contributed by atoms with E-state index in [9.17, 15) is 4.79 Å². The molecule has 3 heterocycles. The van der Waals surface area contributed by atoms with E-state index in [0.29, 0.717) is 17.9 Å². The highest BCUT2D eigenvalue weighted by molar-refractivity contribution is 7.18. The Hall–Kier alpha value is -3.19. The lowest BCUT2D eigenvalue weighted by molar-refractivity contribution is 0.0611. The lowest BCUT2D eigenvalue weighted by Crippen LogP contribution is -2.38. The largest absolute Gasteiger partial charge is 0.489 e. The van der Waals surface area contributed by atoms with Gasteiger partial charge in [-0.25, -0.2) is 4.98 Å². The van der Waals surface area contributed by atoms with E-state index in [2.05, 4.69) is 11.2 Å². The molecular formula is C25H25N3O3S. The number of hydrogen-bond acceptors (Lipinski definition) is 6. The molecule has 0 spiro atoms. The first-order chi connectivity index (χ1) is 15.6. The van der Waals surface area contributed by atoms with Gasteiger partial charge in [0.2, 0.25) is 0 Å².